The number of benzene rings is 1. The molecule has 4 nitrogen and oxygen atoms in total. The molecule has 0 bridgehead atoms. The lowest BCUT2D eigenvalue weighted by atomic mass is 10.1. The third-order valence-electron chi connectivity index (χ3n) is 3.31. The van der Waals surface area contributed by atoms with Crippen LogP contribution in [0.25, 0.3) is 0 Å². The first-order valence-electron chi connectivity index (χ1n) is 6.31. The SMILES string of the molecule is CC1CCSCCN1C(=O)c1cccc(C(=O)O)c1. The standard InChI is InChI=1S/C14H17NO3S/c1-10-5-7-19-8-6-15(10)13(16)11-3-2-4-12(9-11)14(17)18/h2-4,9-10H,5-8H2,1H3,(H,17,18). The van der Waals surface area contributed by atoms with Crippen molar-refractivity contribution in [2.45, 2.75) is 19.4 Å². The summed E-state index contributed by atoms with van der Waals surface area (Å²) in [4.78, 5) is 25.3. The van der Waals surface area contributed by atoms with Gasteiger partial charge in [0.15, 0.2) is 0 Å². The van der Waals surface area contributed by atoms with E-state index in [0.717, 1.165) is 24.5 Å². The lowest BCUT2D eigenvalue weighted by Crippen LogP contribution is -2.39. The highest BCUT2D eigenvalue weighted by atomic mass is 32.2. The minimum absolute atomic E-state index is 0.0712. The molecule has 1 saturated heterocycles. The molecular formula is C14H17NO3S. The van der Waals surface area contributed by atoms with Crippen molar-refractivity contribution in [3.8, 4) is 0 Å². The highest BCUT2D eigenvalue weighted by Gasteiger charge is 2.23. The van der Waals surface area contributed by atoms with Crippen LogP contribution in [0.4, 0.5) is 0 Å². The van der Waals surface area contributed by atoms with Gasteiger partial charge in [0, 0.05) is 23.9 Å². The monoisotopic (exact) mass is 279 g/mol. The number of hydrogen-bond donors (Lipinski definition) is 1. The predicted octanol–water partition coefficient (Wildman–Crippen LogP) is 2.35. The quantitative estimate of drug-likeness (QED) is 0.903. The van der Waals surface area contributed by atoms with E-state index in [9.17, 15) is 9.59 Å². The molecule has 1 unspecified atom stereocenters. The predicted molar refractivity (Wildman–Crippen MR) is 75.8 cm³/mol. The summed E-state index contributed by atoms with van der Waals surface area (Å²) in [6, 6.07) is 6.46. The number of amides is 1. The van der Waals surface area contributed by atoms with Crippen LogP contribution in [0.5, 0.6) is 0 Å². The zero-order chi connectivity index (χ0) is 13.8. The highest BCUT2D eigenvalue weighted by molar-refractivity contribution is 7.99. The van der Waals surface area contributed by atoms with Gasteiger partial charge in [0.05, 0.1) is 5.56 Å². The fourth-order valence-corrected chi connectivity index (χ4v) is 3.19. The number of carbonyl (C=O) groups excluding carboxylic acids is 1. The molecule has 1 fully saturated rings. The summed E-state index contributed by atoms with van der Waals surface area (Å²) < 4.78 is 0. The summed E-state index contributed by atoms with van der Waals surface area (Å²) in [5.41, 5.74) is 0.612. The van der Waals surface area contributed by atoms with E-state index in [4.69, 9.17) is 5.11 Å². The Hall–Kier alpha value is -1.49. The largest absolute Gasteiger partial charge is 0.478 e. The summed E-state index contributed by atoms with van der Waals surface area (Å²) in [5, 5.41) is 8.97. The van der Waals surface area contributed by atoms with Gasteiger partial charge in [-0.15, -0.1) is 0 Å². The van der Waals surface area contributed by atoms with Crippen molar-refractivity contribution in [2.75, 3.05) is 18.1 Å². The lowest BCUT2D eigenvalue weighted by molar-refractivity contribution is 0.0697. The van der Waals surface area contributed by atoms with Crippen LogP contribution in [-0.4, -0.2) is 46.0 Å². The van der Waals surface area contributed by atoms with Crippen molar-refractivity contribution in [1.29, 1.82) is 0 Å². The van der Waals surface area contributed by atoms with Crippen LogP contribution < -0.4 is 0 Å². The van der Waals surface area contributed by atoms with Crippen molar-refractivity contribution in [2.24, 2.45) is 0 Å². The fourth-order valence-electron chi connectivity index (χ4n) is 2.15. The first-order chi connectivity index (χ1) is 9.09. The molecule has 0 saturated carbocycles. The van der Waals surface area contributed by atoms with Crippen LogP contribution in [0.2, 0.25) is 0 Å². The average Bonchev–Trinajstić information content (AvgIpc) is 2.63. The van der Waals surface area contributed by atoms with E-state index in [1.165, 1.54) is 12.1 Å². The van der Waals surface area contributed by atoms with E-state index >= 15 is 0 Å². The Kier molecular flexibility index (Phi) is 4.47. The van der Waals surface area contributed by atoms with Crippen LogP contribution in [-0.2, 0) is 0 Å². The highest BCUT2D eigenvalue weighted by Crippen LogP contribution is 2.19. The van der Waals surface area contributed by atoms with Gasteiger partial charge in [-0.05, 0) is 37.3 Å². The Balaban J connectivity index is 2.22. The molecule has 5 heteroatoms. The van der Waals surface area contributed by atoms with Gasteiger partial charge in [0.1, 0.15) is 0 Å². The van der Waals surface area contributed by atoms with E-state index < -0.39 is 5.97 Å². The van der Waals surface area contributed by atoms with Crippen LogP contribution in [0, 0.1) is 0 Å². The van der Waals surface area contributed by atoms with Crippen molar-refractivity contribution < 1.29 is 14.7 Å². The first-order valence-corrected chi connectivity index (χ1v) is 7.47. The number of carbonyl (C=O) groups is 2. The number of nitrogens with zero attached hydrogens (tertiary/aromatic N) is 1. The molecule has 0 aliphatic carbocycles. The maximum atomic E-state index is 12.5. The molecule has 1 aliphatic rings. The molecule has 19 heavy (non-hydrogen) atoms. The molecule has 1 aromatic carbocycles. The molecule has 1 heterocycles. The molecule has 1 aliphatic heterocycles. The summed E-state index contributed by atoms with van der Waals surface area (Å²) in [5.74, 6) is 0.932. The summed E-state index contributed by atoms with van der Waals surface area (Å²) in [6.07, 6.45) is 0.981. The third kappa shape index (κ3) is 3.29. The second-order valence-electron chi connectivity index (χ2n) is 4.63. The number of aromatic carboxylic acids is 1. The third-order valence-corrected chi connectivity index (χ3v) is 4.30. The van der Waals surface area contributed by atoms with E-state index in [0.29, 0.717) is 5.56 Å². The number of thioether (sulfide) groups is 1. The molecule has 1 N–H and O–H groups in total. The number of hydrogen-bond acceptors (Lipinski definition) is 3. The molecule has 0 aromatic heterocycles. The van der Waals surface area contributed by atoms with Crippen LogP contribution in [0.3, 0.4) is 0 Å². The molecule has 0 spiro atoms. The van der Waals surface area contributed by atoms with E-state index in [1.54, 1.807) is 12.1 Å². The maximum Gasteiger partial charge on any atom is 0.335 e. The van der Waals surface area contributed by atoms with Gasteiger partial charge in [-0.3, -0.25) is 4.79 Å². The second-order valence-corrected chi connectivity index (χ2v) is 5.86. The lowest BCUT2D eigenvalue weighted by Gasteiger charge is -2.27. The molecule has 1 amide bonds. The van der Waals surface area contributed by atoms with Gasteiger partial charge in [-0.1, -0.05) is 6.07 Å². The molecule has 1 atom stereocenters. The molecular weight excluding hydrogens is 262 g/mol. The molecule has 2 rings (SSSR count). The Bertz CT molecular complexity index is 489. The Morgan fingerprint density at radius 3 is 2.79 bits per heavy atom. The normalized spacial score (nSPS) is 19.8. The van der Waals surface area contributed by atoms with Gasteiger partial charge < -0.3 is 10.0 Å². The van der Waals surface area contributed by atoms with Gasteiger partial charge in [-0.25, -0.2) is 4.79 Å². The maximum absolute atomic E-state index is 12.5. The molecule has 1 aromatic rings. The molecule has 0 radical (unpaired) electrons. The van der Waals surface area contributed by atoms with Gasteiger partial charge >= 0.3 is 5.97 Å². The number of rotatable bonds is 2. The smallest absolute Gasteiger partial charge is 0.335 e. The van der Waals surface area contributed by atoms with Crippen molar-refractivity contribution in [1.82, 2.24) is 4.90 Å². The summed E-state index contributed by atoms with van der Waals surface area (Å²) in [7, 11) is 0. The Morgan fingerprint density at radius 1 is 1.32 bits per heavy atom. The van der Waals surface area contributed by atoms with E-state index in [-0.39, 0.29) is 17.5 Å². The average molecular weight is 279 g/mol. The van der Waals surface area contributed by atoms with Crippen LogP contribution in [0.1, 0.15) is 34.1 Å². The summed E-state index contributed by atoms with van der Waals surface area (Å²) in [6.45, 7) is 2.77. The topological polar surface area (TPSA) is 57.6 Å². The number of carboxylic acids is 1. The van der Waals surface area contributed by atoms with E-state index in [2.05, 4.69) is 0 Å². The Labute approximate surface area is 116 Å². The second kappa shape index (κ2) is 6.10. The fraction of sp³-hybridized carbons (Fsp3) is 0.429. The minimum atomic E-state index is -1.01. The summed E-state index contributed by atoms with van der Waals surface area (Å²) >= 11 is 1.86. The first kappa shape index (κ1) is 13.9. The van der Waals surface area contributed by atoms with Crippen molar-refractivity contribution in [3.05, 3.63) is 35.4 Å². The minimum Gasteiger partial charge on any atom is -0.478 e. The van der Waals surface area contributed by atoms with Crippen LogP contribution >= 0.6 is 11.8 Å². The van der Waals surface area contributed by atoms with Gasteiger partial charge in [-0.2, -0.15) is 11.8 Å². The number of carboxylic acid groups (broad SMARTS) is 1. The zero-order valence-electron chi connectivity index (χ0n) is 10.8. The van der Waals surface area contributed by atoms with Crippen molar-refractivity contribution in [3.63, 3.8) is 0 Å². The Morgan fingerprint density at radius 2 is 2.05 bits per heavy atom. The van der Waals surface area contributed by atoms with Crippen molar-refractivity contribution >= 4 is 23.6 Å². The van der Waals surface area contributed by atoms with E-state index in [1.807, 2.05) is 23.6 Å². The van der Waals surface area contributed by atoms with Gasteiger partial charge in [0.25, 0.3) is 5.91 Å². The zero-order valence-corrected chi connectivity index (χ0v) is 11.7. The van der Waals surface area contributed by atoms with Gasteiger partial charge in [0.2, 0.25) is 0 Å². The molecule has 102 valence electrons. The van der Waals surface area contributed by atoms with Crippen LogP contribution in [0.15, 0.2) is 24.3 Å².